The summed E-state index contributed by atoms with van der Waals surface area (Å²) in [6.07, 6.45) is 3.52. The van der Waals surface area contributed by atoms with Crippen molar-refractivity contribution >= 4 is 11.0 Å². The van der Waals surface area contributed by atoms with E-state index >= 15 is 0 Å². The van der Waals surface area contributed by atoms with Gasteiger partial charge in [0.15, 0.2) is 5.43 Å². The van der Waals surface area contributed by atoms with E-state index < -0.39 is 5.82 Å². The molecule has 0 amide bonds. The van der Waals surface area contributed by atoms with Gasteiger partial charge in [0.2, 0.25) is 0 Å². The SMILES string of the molecule is O=c1c2c(oc3cccc(F)c13)CCCC2. The molecule has 1 aliphatic carbocycles. The smallest absolute Gasteiger partial charge is 0.199 e. The standard InChI is InChI=1S/C13H11FO2/c14-9-5-3-7-11-12(9)13(15)8-4-1-2-6-10(8)16-11/h3,5,7H,1-2,4,6H2. The minimum Gasteiger partial charge on any atom is -0.460 e. The molecule has 2 nitrogen and oxygen atoms in total. The third kappa shape index (κ3) is 1.28. The molecular formula is C13H11FO2. The van der Waals surface area contributed by atoms with Crippen LogP contribution in [0.2, 0.25) is 0 Å². The predicted molar refractivity (Wildman–Crippen MR) is 59.1 cm³/mol. The molecule has 0 aliphatic heterocycles. The lowest BCUT2D eigenvalue weighted by molar-refractivity contribution is 0.485. The molecule has 3 heteroatoms. The summed E-state index contributed by atoms with van der Waals surface area (Å²) in [7, 11) is 0. The Morgan fingerprint density at radius 1 is 1.19 bits per heavy atom. The zero-order chi connectivity index (χ0) is 11.1. The fourth-order valence-electron chi connectivity index (χ4n) is 2.32. The highest BCUT2D eigenvalue weighted by Gasteiger charge is 2.19. The largest absolute Gasteiger partial charge is 0.460 e. The Balaban J connectivity index is 2.45. The van der Waals surface area contributed by atoms with Crippen LogP contribution in [0.25, 0.3) is 11.0 Å². The van der Waals surface area contributed by atoms with Crippen LogP contribution in [0, 0.1) is 5.82 Å². The third-order valence-electron chi connectivity index (χ3n) is 3.13. The average molecular weight is 218 g/mol. The monoisotopic (exact) mass is 218 g/mol. The predicted octanol–water partition coefficient (Wildman–Crippen LogP) is 2.81. The number of halogens is 1. The molecule has 0 unspecified atom stereocenters. The van der Waals surface area contributed by atoms with Crippen molar-refractivity contribution in [3.63, 3.8) is 0 Å². The van der Waals surface area contributed by atoms with Gasteiger partial charge in [0.1, 0.15) is 22.5 Å². The fraction of sp³-hybridized carbons (Fsp3) is 0.308. The summed E-state index contributed by atoms with van der Waals surface area (Å²) < 4.78 is 19.2. The van der Waals surface area contributed by atoms with Gasteiger partial charge in [-0.15, -0.1) is 0 Å². The molecule has 0 bridgehead atoms. The lowest BCUT2D eigenvalue weighted by atomic mass is 9.95. The summed E-state index contributed by atoms with van der Waals surface area (Å²) in [5, 5.41) is 0.100. The van der Waals surface area contributed by atoms with Gasteiger partial charge in [-0.25, -0.2) is 4.39 Å². The number of aryl methyl sites for hydroxylation is 1. The summed E-state index contributed by atoms with van der Waals surface area (Å²) >= 11 is 0. The van der Waals surface area contributed by atoms with E-state index in [2.05, 4.69) is 0 Å². The van der Waals surface area contributed by atoms with Crippen molar-refractivity contribution in [2.75, 3.05) is 0 Å². The maximum atomic E-state index is 13.6. The molecule has 1 heterocycles. The number of rotatable bonds is 0. The van der Waals surface area contributed by atoms with Gasteiger partial charge in [-0.1, -0.05) is 6.07 Å². The van der Waals surface area contributed by atoms with Crippen LogP contribution in [0.4, 0.5) is 4.39 Å². The molecular weight excluding hydrogens is 207 g/mol. The first-order chi connectivity index (χ1) is 7.77. The lowest BCUT2D eigenvalue weighted by Crippen LogP contribution is -2.17. The van der Waals surface area contributed by atoms with E-state index in [1.165, 1.54) is 6.07 Å². The molecule has 0 saturated heterocycles. The first kappa shape index (κ1) is 9.58. The van der Waals surface area contributed by atoms with Crippen LogP contribution in [0.3, 0.4) is 0 Å². The topological polar surface area (TPSA) is 30.2 Å². The van der Waals surface area contributed by atoms with Crippen LogP contribution < -0.4 is 5.43 Å². The second kappa shape index (κ2) is 3.44. The molecule has 0 N–H and O–H groups in total. The van der Waals surface area contributed by atoms with Gasteiger partial charge in [-0.3, -0.25) is 4.79 Å². The Morgan fingerprint density at radius 3 is 2.88 bits per heavy atom. The quantitative estimate of drug-likeness (QED) is 0.680. The molecule has 0 saturated carbocycles. The summed E-state index contributed by atoms with van der Waals surface area (Å²) in [6, 6.07) is 4.51. The van der Waals surface area contributed by atoms with Crippen molar-refractivity contribution in [2.45, 2.75) is 25.7 Å². The highest BCUT2D eigenvalue weighted by molar-refractivity contribution is 5.78. The Morgan fingerprint density at radius 2 is 2.00 bits per heavy atom. The zero-order valence-corrected chi connectivity index (χ0v) is 8.75. The highest BCUT2D eigenvalue weighted by atomic mass is 19.1. The molecule has 82 valence electrons. The normalized spacial score (nSPS) is 15.1. The second-order valence-electron chi connectivity index (χ2n) is 4.15. The minimum absolute atomic E-state index is 0.100. The first-order valence-corrected chi connectivity index (χ1v) is 5.50. The Labute approximate surface area is 91.7 Å². The molecule has 0 radical (unpaired) electrons. The summed E-state index contributed by atoms with van der Waals surface area (Å²) in [4.78, 5) is 12.1. The number of hydrogen-bond acceptors (Lipinski definition) is 2. The Bertz CT molecular complexity index is 613. The van der Waals surface area contributed by atoms with Gasteiger partial charge in [-0.05, 0) is 31.4 Å². The van der Waals surface area contributed by atoms with Crippen LogP contribution >= 0.6 is 0 Å². The van der Waals surface area contributed by atoms with Gasteiger partial charge in [0, 0.05) is 12.0 Å². The van der Waals surface area contributed by atoms with E-state index in [0.717, 1.165) is 25.0 Å². The maximum absolute atomic E-state index is 13.6. The average Bonchev–Trinajstić information content (AvgIpc) is 2.29. The number of fused-ring (bicyclic) bond motifs is 2. The maximum Gasteiger partial charge on any atom is 0.199 e. The van der Waals surface area contributed by atoms with E-state index in [1.807, 2.05) is 0 Å². The highest BCUT2D eigenvalue weighted by Crippen LogP contribution is 2.23. The first-order valence-electron chi connectivity index (χ1n) is 5.50. The molecule has 1 aliphatic rings. The van der Waals surface area contributed by atoms with E-state index in [-0.39, 0.29) is 10.8 Å². The molecule has 0 atom stereocenters. The van der Waals surface area contributed by atoms with Crippen LogP contribution in [0.1, 0.15) is 24.2 Å². The Hall–Kier alpha value is -1.64. The van der Waals surface area contributed by atoms with E-state index in [1.54, 1.807) is 12.1 Å². The van der Waals surface area contributed by atoms with Crippen molar-refractivity contribution < 1.29 is 8.81 Å². The number of hydrogen-bond donors (Lipinski definition) is 0. The molecule has 0 fully saturated rings. The number of benzene rings is 1. The van der Waals surface area contributed by atoms with E-state index in [0.29, 0.717) is 17.6 Å². The Kier molecular flexibility index (Phi) is 2.06. The van der Waals surface area contributed by atoms with Crippen molar-refractivity contribution in [1.29, 1.82) is 0 Å². The van der Waals surface area contributed by atoms with E-state index in [9.17, 15) is 9.18 Å². The summed E-state index contributed by atoms with van der Waals surface area (Å²) in [5.74, 6) is 0.258. The molecule has 2 aromatic rings. The molecule has 1 aromatic carbocycles. The van der Waals surface area contributed by atoms with Gasteiger partial charge in [0.25, 0.3) is 0 Å². The van der Waals surface area contributed by atoms with E-state index in [4.69, 9.17) is 4.42 Å². The van der Waals surface area contributed by atoms with Crippen LogP contribution in [0.5, 0.6) is 0 Å². The molecule has 1 aromatic heterocycles. The van der Waals surface area contributed by atoms with Gasteiger partial charge < -0.3 is 4.42 Å². The fourth-order valence-corrected chi connectivity index (χ4v) is 2.32. The van der Waals surface area contributed by atoms with Crippen molar-refractivity contribution in [1.82, 2.24) is 0 Å². The lowest BCUT2D eigenvalue weighted by Gasteiger charge is -2.14. The van der Waals surface area contributed by atoms with Crippen molar-refractivity contribution in [3.05, 3.63) is 45.6 Å². The summed E-state index contributed by atoms with van der Waals surface area (Å²) in [6.45, 7) is 0. The zero-order valence-electron chi connectivity index (χ0n) is 8.75. The second-order valence-corrected chi connectivity index (χ2v) is 4.15. The van der Waals surface area contributed by atoms with Crippen LogP contribution in [-0.2, 0) is 12.8 Å². The third-order valence-corrected chi connectivity index (χ3v) is 3.13. The summed E-state index contributed by atoms with van der Waals surface area (Å²) in [5.41, 5.74) is 0.851. The van der Waals surface area contributed by atoms with Gasteiger partial charge >= 0.3 is 0 Å². The van der Waals surface area contributed by atoms with Crippen molar-refractivity contribution in [3.8, 4) is 0 Å². The van der Waals surface area contributed by atoms with Crippen LogP contribution in [0.15, 0.2) is 27.4 Å². The molecule has 16 heavy (non-hydrogen) atoms. The molecule has 0 spiro atoms. The van der Waals surface area contributed by atoms with Crippen LogP contribution in [-0.4, -0.2) is 0 Å². The van der Waals surface area contributed by atoms with Gasteiger partial charge in [0.05, 0.1) is 0 Å². The molecule has 3 rings (SSSR count). The van der Waals surface area contributed by atoms with Crippen molar-refractivity contribution in [2.24, 2.45) is 0 Å². The minimum atomic E-state index is -0.486. The van der Waals surface area contributed by atoms with Gasteiger partial charge in [-0.2, -0.15) is 0 Å².